The van der Waals surface area contributed by atoms with Gasteiger partial charge >= 0.3 is 5.97 Å². The fourth-order valence-electron chi connectivity index (χ4n) is 3.05. The molecule has 0 atom stereocenters. The van der Waals surface area contributed by atoms with Crippen LogP contribution < -0.4 is 20.3 Å². The van der Waals surface area contributed by atoms with E-state index in [1.54, 1.807) is 19.2 Å². The number of hydrogen-bond donors (Lipinski definition) is 2. The Kier molecular flexibility index (Phi) is 4.46. The van der Waals surface area contributed by atoms with Crippen LogP contribution in [0, 0.1) is 0 Å². The molecule has 6 heteroatoms. The zero-order valence-electron chi connectivity index (χ0n) is 13.6. The lowest BCUT2D eigenvalue weighted by molar-refractivity contribution is 0.0697. The summed E-state index contributed by atoms with van der Waals surface area (Å²) < 4.78 is 5.43. The third kappa shape index (κ3) is 3.08. The van der Waals surface area contributed by atoms with E-state index in [-0.39, 0.29) is 5.56 Å². The number of piperazine rings is 1. The average Bonchev–Trinajstić information content (AvgIpc) is 2.61. The van der Waals surface area contributed by atoms with Gasteiger partial charge in [0.05, 0.1) is 29.7 Å². The van der Waals surface area contributed by atoms with E-state index in [0.717, 1.165) is 43.3 Å². The minimum absolute atomic E-state index is 0.212. The number of nitrogens with two attached hydrogens (primary N) is 1. The molecule has 6 nitrogen and oxygen atoms in total. The van der Waals surface area contributed by atoms with Crippen LogP contribution in [0.2, 0.25) is 0 Å². The summed E-state index contributed by atoms with van der Waals surface area (Å²) in [7, 11) is 1.68. The number of nitrogen functional groups attached to an aromatic ring is 1. The number of carboxylic acids is 1. The van der Waals surface area contributed by atoms with Gasteiger partial charge in [-0.3, -0.25) is 0 Å². The number of hydrogen-bond acceptors (Lipinski definition) is 5. The van der Waals surface area contributed by atoms with Gasteiger partial charge in [-0.05, 0) is 30.3 Å². The predicted molar refractivity (Wildman–Crippen MR) is 95.2 cm³/mol. The topological polar surface area (TPSA) is 79.0 Å². The smallest absolute Gasteiger partial charge is 0.335 e. The zero-order valence-corrected chi connectivity index (χ0v) is 13.6. The SMILES string of the molecule is COc1ccccc1N1CCN(c2ccc(C(=O)O)cc2N)CC1. The molecule has 0 aromatic heterocycles. The molecule has 2 aromatic carbocycles. The van der Waals surface area contributed by atoms with Crippen molar-refractivity contribution in [3.8, 4) is 5.75 Å². The van der Waals surface area contributed by atoms with E-state index in [9.17, 15) is 4.79 Å². The molecule has 0 radical (unpaired) electrons. The van der Waals surface area contributed by atoms with Gasteiger partial charge in [0.1, 0.15) is 5.75 Å². The normalized spacial score (nSPS) is 14.5. The van der Waals surface area contributed by atoms with Gasteiger partial charge in [-0.25, -0.2) is 4.79 Å². The molecule has 24 heavy (non-hydrogen) atoms. The number of aromatic carboxylic acids is 1. The number of methoxy groups -OCH3 is 1. The van der Waals surface area contributed by atoms with Crippen molar-refractivity contribution >= 4 is 23.0 Å². The highest BCUT2D eigenvalue weighted by Crippen LogP contribution is 2.30. The number of nitrogens with zero attached hydrogens (tertiary/aromatic N) is 2. The van der Waals surface area contributed by atoms with E-state index in [2.05, 4.69) is 15.9 Å². The summed E-state index contributed by atoms with van der Waals surface area (Å²) in [6.07, 6.45) is 0. The van der Waals surface area contributed by atoms with Crippen molar-refractivity contribution in [3.63, 3.8) is 0 Å². The van der Waals surface area contributed by atoms with Crippen LogP contribution in [-0.2, 0) is 0 Å². The summed E-state index contributed by atoms with van der Waals surface area (Å²) in [4.78, 5) is 15.5. The summed E-state index contributed by atoms with van der Waals surface area (Å²) in [6, 6.07) is 12.9. The molecular weight excluding hydrogens is 306 g/mol. The summed E-state index contributed by atoms with van der Waals surface area (Å²) in [5, 5.41) is 9.03. The molecule has 1 heterocycles. The highest BCUT2D eigenvalue weighted by atomic mass is 16.5. The predicted octanol–water partition coefficient (Wildman–Crippen LogP) is 2.30. The summed E-state index contributed by atoms with van der Waals surface area (Å²) in [6.45, 7) is 3.32. The Morgan fingerprint density at radius 3 is 2.25 bits per heavy atom. The Hall–Kier alpha value is -2.89. The molecule has 0 unspecified atom stereocenters. The first-order valence-corrected chi connectivity index (χ1v) is 7.86. The highest BCUT2D eigenvalue weighted by molar-refractivity contribution is 5.90. The Morgan fingerprint density at radius 1 is 1.04 bits per heavy atom. The molecule has 1 saturated heterocycles. The summed E-state index contributed by atoms with van der Waals surface area (Å²) in [5.74, 6) is -0.0921. The fourth-order valence-corrected chi connectivity index (χ4v) is 3.05. The van der Waals surface area contributed by atoms with Crippen LogP contribution in [0.15, 0.2) is 42.5 Å². The molecular formula is C18H21N3O3. The van der Waals surface area contributed by atoms with Crippen LogP contribution in [-0.4, -0.2) is 44.4 Å². The first-order valence-electron chi connectivity index (χ1n) is 7.86. The molecule has 2 aromatic rings. The largest absolute Gasteiger partial charge is 0.495 e. The van der Waals surface area contributed by atoms with Gasteiger partial charge in [0, 0.05) is 26.2 Å². The molecule has 1 fully saturated rings. The van der Waals surface area contributed by atoms with E-state index in [0.29, 0.717) is 5.69 Å². The van der Waals surface area contributed by atoms with Crippen LogP contribution >= 0.6 is 0 Å². The fraction of sp³-hybridized carbons (Fsp3) is 0.278. The van der Waals surface area contributed by atoms with E-state index in [4.69, 9.17) is 15.6 Å². The van der Waals surface area contributed by atoms with Crippen LogP contribution in [0.25, 0.3) is 0 Å². The molecule has 3 rings (SSSR count). The number of carbonyl (C=O) groups is 1. The molecule has 3 N–H and O–H groups in total. The molecule has 0 saturated carbocycles. The van der Waals surface area contributed by atoms with Crippen molar-refractivity contribution in [1.82, 2.24) is 0 Å². The minimum Gasteiger partial charge on any atom is -0.495 e. The average molecular weight is 327 g/mol. The van der Waals surface area contributed by atoms with Crippen molar-refractivity contribution < 1.29 is 14.6 Å². The lowest BCUT2D eigenvalue weighted by Gasteiger charge is -2.38. The molecule has 0 aliphatic carbocycles. The second kappa shape index (κ2) is 6.70. The van der Waals surface area contributed by atoms with Crippen LogP contribution in [0.1, 0.15) is 10.4 Å². The van der Waals surface area contributed by atoms with Gasteiger partial charge in [0.15, 0.2) is 0 Å². The Morgan fingerprint density at radius 2 is 1.67 bits per heavy atom. The summed E-state index contributed by atoms with van der Waals surface area (Å²) >= 11 is 0. The maximum absolute atomic E-state index is 11.0. The van der Waals surface area contributed by atoms with Gasteiger partial charge < -0.3 is 25.4 Å². The van der Waals surface area contributed by atoms with Crippen molar-refractivity contribution in [3.05, 3.63) is 48.0 Å². The quantitative estimate of drug-likeness (QED) is 0.839. The number of para-hydroxylation sites is 2. The van der Waals surface area contributed by atoms with Gasteiger partial charge in [0.2, 0.25) is 0 Å². The highest BCUT2D eigenvalue weighted by Gasteiger charge is 2.21. The molecule has 0 spiro atoms. The van der Waals surface area contributed by atoms with E-state index >= 15 is 0 Å². The monoisotopic (exact) mass is 327 g/mol. The Balaban J connectivity index is 1.72. The van der Waals surface area contributed by atoms with E-state index < -0.39 is 5.97 Å². The van der Waals surface area contributed by atoms with E-state index in [1.807, 2.05) is 18.2 Å². The van der Waals surface area contributed by atoms with Gasteiger partial charge in [-0.15, -0.1) is 0 Å². The van der Waals surface area contributed by atoms with Gasteiger partial charge in [-0.2, -0.15) is 0 Å². The number of benzene rings is 2. The third-order valence-electron chi connectivity index (χ3n) is 4.32. The summed E-state index contributed by atoms with van der Waals surface area (Å²) in [5.41, 5.74) is 8.74. The molecule has 126 valence electrons. The maximum Gasteiger partial charge on any atom is 0.335 e. The maximum atomic E-state index is 11.0. The third-order valence-corrected chi connectivity index (χ3v) is 4.32. The second-order valence-corrected chi connectivity index (χ2v) is 5.72. The Labute approximate surface area is 141 Å². The molecule has 0 amide bonds. The van der Waals surface area contributed by atoms with Crippen molar-refractivity contribution in [2.75, 3.05) is 48.8 Å². The van der Waals surface area contributed by atoms with Crippen molar-refractivity contribution in [1.29, 1.82) is 0 Å². The Bertz CT molecular complexity index is 740. The second-order valence-electron chi connectivity index (χ2n) is 5.72. The lowest BCUT2D eigenvalue weighted by atomic mass is 10.1. The number of rotatable bonds is 4. The first kappa shape index (κ1) is 16.0. The standard InChI is InChI=1S/C18H21N3O3/c1-24-17-5-3-2-4-16(17)21-10-8-20(9-11-21)15-7-6-13(18(22)23)12-14(15)19/h2-7,12H,8-11,19H2,1H3,(H,22,23). The zero-order chi connectivity index (χ0) is 17.1. The number of carboxylic acid groups (broad SMARTS) is 1. The van der Waals surface area contributed by atoms with Crippen LogP contribution in [0.5, 0.6) is 5.75 Å². The van der Waals surface area contributed by atoms with Crippen LogP contribution in [0.3, 0.4) is 0 Å². The first-order chi connectivity index (χ1) is 11.6. The molecule has 1 aliphatic heterocycles. The minimum atomic E-state index is -0.964. The van der Waals surface area contributed by atoms with Gasteiger partial charge in [0.25, 0.3) is 0 Å². The molecule has 1 aliphatic rings. The number of ether oxygens (including phenoxy) is 1. The van der Waals surface area contributed by atoms with Crippen molar-refractivity contribution in [2.24, 2.45) is 0 Å². The van der Waals surface area contributed by atoms with Gasteiger partial charge in [-0.1, -0.05) is 12.1 Å². The lowest BCUT2D eigenvalue weighted by Crippen LogP contribution is -2.46. The van der Waals surface area contributed by atoms with E-state index in [1.165, 1.54) is 6.07 Å². The van der Waals surface area contributed by atoms with Crippen LogP contribution in [0.4, 0.5) is 17.1 Å². The number of anilines is 3. The van der Waals surface area contributed by atoms with Crippen molar-refractivity contribution in [2.45, 2.75) is 0 Å². The molecule has 0 bridgehead atoms.